The first-order chi connectivity index (χ1) is 45.2. The average Bonchev–Trinajstić information content (AvgIpc) is 1.59. The molecule has 540 valence electrons. The molecule has 25 N–H and O–H groups in total. The van der Waals surface area contributed by atoms with Crippen molar-refractivity contribution >= 4 is 94.6 Å². The van der Waals surface area contributed by atoms with E-state index in [0.29, 0.717) is 24.2 Å². The molecule has 0 bridgehead atoms. The van der Waals surface area contributed by atoms with E-state index in [9.17, 15) is 78.0 Å². The number of nitrogens with two attached hydrogens (primary N) is 4. The van der Waals surface area contributed by atoms with Gasteiger partial charge in [-0.05, 0) is 132 Å². The number of carbonyl (C=O) groups excluding carboxylic acids is 11. The highest BCUT2D eigenvalue weighted by Crippen LogP contribution is 2.21. The Bertz CT molecular complexity index is 2780. The maximum Gasteiger partial charge on any atom is 0.305 e. The van der Waals surface area contributed by atoms with E-state index < -0.39 is 156 Å². The molecule has 96 heavy (non-hydrogen) atoms. The van der Waals surface area contributed by atoms with Gasteiger partial charge in [0.2, 0.25) is 65.0 Å². The van der Waals surface area contributed by atoms with Crippen molar-refractivity contribution in [3.63, 3.8) is 0 Å². The number of carbonyl (C=O) groups is 12. The van der Waals surface area contributed by atoms with Crippen LogP contribution in [0.15, 0.2) is 24.3 Å². The lowest BCUT2D eigenvalue weighted by atomic mass is 9.97. The van der Waals surface area contributed by atoms with Crippen molar-refractivity contribution in [3.8, 4) is 5.75 Å². The van der Waals surface area contributed by atoms with E-state index >= 15 is 0 Å². The van der Waals surface area contributed by atoms with Crippen LogP contribution in [0, 0.1) is 28.6 Å². The number of aliphatic hydroxyl groups is 2. The summed E-state index contributed by atoms with van der Waals surface area (Å²) in [4.78, 5) is 166. The van der Waals surface area contributed by atoms with E-state index in [4.69, 9.17) is 33.8 Å². The van der Waals surface area contributed by atoms with Crippen LogP contribution in [0.4, 0.5) is 0 Å². The number of thioether (sulfide) groups is 1. The average molecular weight is 1380 g/mol. The van der Waals surface area contributed by atoms with Crippen LogP contribution in [-0.4, -0.2) is 220 Å². The predicted octanol–water partition coefficient (Wildman–Crippen LogP) is -4.24. The summed E-state index contributed by atoms with van der Waals surface area (Å²) >= 11 is 1.32. The van der Waals surface area contributed by atoms with Crippen molar-refractivity contribution in [1.29, 1.82) is 10.8 Å². The number of aromatic hydroxyl groups is 1. The maximum atomic E-state index is 14.5. The smallest absolute Gasteiger partial charge is 0.305 e. The molecule has 34 nitrogen and oxygen atoms in total. The van der Waals surface area contributed by atoms with E-state index in [1.807, 2.05) is 13.8 Å². The van der Waals surface area contributed by atoms with E-state index in [2.05, 4.69) is 58.5 Å². The summed E-state index contributed by atoms with van der Waals surface area (Å²) in [7, 11) is 0. The normalized spacial score (nSPS) is 16.2. The highest BCUT2D eigenvalue weighted by atomic mass is 32.2. The molecule has 0 radical (unpaired) electrons. The van der Waals surface area contributed by atoms with Crippen molar-refractivity contribution in [1.82, 2.24) is 63.4 Å². The molecule has 1 aromatic rings. The monoisotopic (exact) mass is 1380 g/mol. The second-order valence-corrected chi connectivity index (χ2v) is 25.6. The summed E-state index contributed by atoms with van der Waals surface area (Å²) in [6.45, 7) is 9.72. The molecular formula is C61H104N18O16S. The van der Waals surface area contributed by atoms with Crippen LogP contribution in [0.25, 0.3) is 0 Å². The minimum absolute atomic E-state index is 0.00132. The number of primary amides is 1. The number of phenols is 1. The summed E-state index contributed by atoms with van der Waals surface area (Å²) in [5, 5.41) is 84.2. The Hall–Kier alpha value is -8.57. The number of amides is 11. The zero-order valence-electron chi connectivity index (χ0n) is 55.9. The summed E-state index contributed by atoms with van der Waals surface area (Å²) in [6.07, 6.45) is 0.271. The van der Waals surface area contributed by atoms with E-state index in [0.717, 1.165) is 11.8 Å². The Balaban J connectivity index is 2.45. The number of hydrogen-bond donors (Lipinski definition) is 21. The number of aliphatic carboxylic acids is 1. The van der Waals surface area contributed by atoms with Gasteiger partial charge in [0.25, 0.3) is 0 Å². The van der Waals surface area contributed by atoms with Gasteiger partial charge >= 0.3 is 5.97 Å². The molecule has 2 rings (SSSR count). The number of aliphatic hydroxyl groups excluding tert-OH is 2. The van der Waals surface area contributed by atoms with Crippen LogP contribution >= 0.6 is 11.8 Å². The third kappa shape index (κ3) is 30.9. The Kier molecular flexibility index (Phi) is 37.8. The SMILES string of the molecule is CSCC[C@H](NC(=O)[C@H](CO)NC(=O)[C@H](CCCNC(=N)N)NC(=O)[C@@H](C)CC(C)C)C(=O)N1CCC[C@H]1C(=O)N[C@H](C(=O)N[C@@H](CC(=O)O)C(=O)N[C@@H](CCCCN)C(=O)N[C@@H](Cc1ccc(O)cc1)C(=O)N[C@@H](CCCNC(=N)N)C(=O)N[C@@H](CC(C)C)C(N)=O)[C@@H](C)O. The van der Waals surface area contributed by atoms with Crippen LogP contribution in [-0.2, 0) is 64.0 Å². The van der Waals surface area contributed by atoms with Gasteiger partial charge in [-0.1, -0.05) is 46.8 Å². The summed E-state index contributed by atoms with van der Waals surface area (Å²) in [5.41, 5.74) is 22.6. The van der Waals surface area contributed by atoms with Crippen molar-refractivity contribution in [3.05, 3.63) is 29.8 Å². The van der Waals surface area contributed by atoms with Crippen molar-refractivity contribution in [2.75, 3.05) is 44.8 Å². The first kappa shape index (κ1) is 83.5. The van der Waals surface area contributed by atoms with Gasteiger partial charge in [0, 0.05) is 32.0 Å². The van der Waals surface area contributed by atoms with Crippen LogP contribution in [0.5, 0.6) is 5.75 Å². The second kappa shape index (κ2) is 43.5. The Labute approximate surface area is 563 Å². The van der Waals surface area contributed by atoms with Crippen molar-refractivity contribution in [2.24, 2.45) is 40.7 Å². The third-order valence-electron chi connectivity index (χ3n) is 15.4. The number of unbranched alkanes of at least 4 members (excludes halogenated alkanes) is 1. The number of benzene rings is 1. The van der Waals surface area contributed by atoms with Crippen LogP contribution < -0.4 is 81.4 Å². The topological polar surface area (TPSA) is 573 Å². The number of carboxylic acids is 1. The lowest BCUT2D eigenvalue weighted by molar-refractivity contribution is -0.144. The molecule has 0 spiro atoms. The molecule has 35 heteroatoms. The molecule has 11 amide bonds. The number of guanidine groups is 2. The maximum absolute atomic E-state index is 14.5. The molecule has 0 aliphatic carbocycles. The van der Waals surface area contributed by atoms with Crippen molar-refractivity contribution in [2.45, 2.75) is 198 Å². The van der Waals surface area contributed by atoms with Crippen LogP contribution in [0.3, 0.4) is 0 Å². The number of nitrogens with zero attached hydrogens (tertiary/aromatic N) is 1. The van der Waals surface area contributed by atoms with Gasteiger partial charge < -0.3 is 107 Å². The number of hydrogen-bond acceptors (Lipinski definition) is 19. The number of carboxylic acid groups (broad SMARTS) is 1. The number of rotatable bonds is 45. The zero-order valence-corrected chi connectivity index (χ0v) is 56.7. The van der Waals surface area contributed by atoms with Crippen molar-refractivity contribution < 1.29 is 78.0 Å². The molecule has 1 heterocycles. The molecule has 12 atom stereocenters. The molecule has 0 aromatic heterocycles. The van der Waals surface area contributed by atoms with Gasteiger partial charge in [0.05, 0.1) is 19.1 Å². The predicted molar refractivity (Wildman–Crippen MR) is 356 cm³/mol. The molecule has 1 fully saturated rings. The summed E-state index contributed by atoms with van der Waals surface area (Å²) in [5.74, 6) is -12.6. The summed E-state index contributed by atoms with van der Waals surface area (Å²) in [6, 6.07) is -9.42. The van der Waals surface area contributed by atoms with E-state index in [1.165, 1.54) is 36.0 Å². The molecular weight excluding hydrogens is 1270 g/mol. The highest BCUT2D eigenvalue weighted by molar-refractivity contribution is 7.98. The highest BCUT2D eigenvalue weighted by Gasteiger charge is 2.42. The largest absolute Gasteiger partial charge is 0.508 e. The zero-order chi connectivity index (χ0) is 72.4. The fourth-order valence-electron chi connectivity index (χ4n) is 10.4. The Morgan fingerprint density at radius 3 is 1.52 bits per heavy atom. The number of phenolic OH excluding ortho intramolecular Hbond substituents is 1. The number of nitrogens with one attached hydrogen (secondary N) is 13. The fourth-order valence-corrected chi connectivity index (χ4v) is 10.9. The molecule has 1 aliphatic heterocycles. The van der Waals surface area contributed by atoms with Gasteiger partial charge in [-0.25, -0.2) is 0 Å². The van der Waals surface area contributed by atoms with Gasteiger partial charge in [0.15, 0.2) is 11.9 Å². The number of likely N-dealkylation sites (tertiary alicyclic amines) is 1. The first-order valence-electron chi connectivity index (χ1n) is 32.2. The van der Waals surface area contributed by atoms with Crippen LogP contribution in [0.1, 0.15) is 131 Å². The van der Waals surface area contributed by atoms with Gasteiger partial charge in [0.1, 0.15) is 66.2 Å². The second-order valence-electron chi connectivity index (χ2n) is 24.7. The molecule has 1 aliphatic rings. The third-order valence-corrected chi connectivity index (χ3v) is 16.1. The van der Waals surface area contributed by atoms with E-state index in [-0.39, 0.29) is 126 Å². The van der Waals surface area contributed by atoms with E-state index in [1.54, 1.807) is 27.0 Å². The lowest BCUT2D eigenvalue weighted by Gasteiger charge is -2.31. The molecule has 0 saturated carbocycles. The molecule has 1 saturated heterocycles. The standard InChI is InChI=1S/C61H104N18O16S/c1-32(2)27-34(5)50(86)70-39(14-10-23-68-60(64)65)53(89)77-45(31-80)56(92)73-41(21-26-96-7)59(95)79-25-12-16-46(79)57(93)78-48(35(6)81)58(94)76-44(30-47(83)84)55(91)71-38(13-8-9-22-62)52(88)75-43(29-36-17-19-37(82)20-18-36)54(90)72-40(15-11-24-69-61(66)67)51(87)74-42(49(63)85)28-33(3)4/h17-20,32-35,38-46,48,80-82H,8-16,21-31,62H2,1-7H3,(H2,63,85)(H,70,86)(H,71,91)(H,72,90)(H,73,92)(H,74,87)(H,75,88)(H,76,94)(H,77,89)(H,78,93)(H,83,84)(H4,64,65,68)(H4,66,67,69)/t34-,35+,38-,39-,40-,41-,42-,43-,44-,45-,46-,48-/m0/s1. The molecule has 0 unspecified atom stereocenters. The van der Waals surface area contributed by atoms with Gasteiger partial charge in [-0.2, -0.15) is 11.8 Å². The van der Waals surface area contributed by atoms with Gasteiger partial charge in [-0.3, -0.25) is 68.4 Å². The Morgan fingerprint density at radius 2 is 1.04 bits per heavy atom. The summed E-state index contributed by atoms with van der Waals surface area (Å²) < 4.78 is 0. The minimum Gasteiger partial charge on any atom is -0.508 e. The minimum atomic E-state index is -2.00. The lowest BCUT2D eigenvalue weighted by Crippen LogP contribution is -2.62. The first-order valence-corrected chi connectivity index (χ1v) is 33.6. The Morgan fingerprint density at radius 1 is 0.583 bits per heavy atom. The van der Waals surface area contributed by atoms with Gasteiger partial charge in [-0.15, -0.1) is 0 Å². The fraction of sp³-hybridized carbons (Fsp3) is 0.672. The quantitative estimate of drug-likeness (QED) is 0.0167. The molecule has 1 aromatic carbocycles. The van der Waals surface area contributed by atoms with Crippen LogP contribution in [0.2, 0.25) is 0 Å².